The average Bonchev–Trinajstić information content (AvgIpc) is 3.22. The highest BCUT2D eigenvalue weighted by Crippen LogP contribution is 2.33. The second-order valence-corrected chi connectivity index (χ2v) is 8.82. The molecule has 0 saturated heterocycles. The molecule has 0 bridgehead atoms. The van der Waals surface area contributed by atoms with E-state index in [0.717, 1.165) is 4.90 Å². The van der Waals surface area contributed by atoms with Crippen molar-refractivity contribution in [1.29, 1.82) is 0 Å². The van der Waals surface area contributed by atoms with Gasteiger partial charge in [-0.3, -0.25) is 14.4 Å². The second-order valence-electron chi connectivity index (χ2n) is 8.82. The number of nitrogen functional groups attached to an aromatic ring is 1. The summed E-state index contributed by atoms with van der Waals surface area (Å²) < 4.78 is 0. The van der Waals surface area contributed by atoms with E-state index in [0.29, 0.717) is 39.3 Å². The summed E-state index contributed by atoms with van der Waals surface area (Å²) in [4.78, 5) is 55.5. The number of rotatable bonds is 6. The molecule has 3 aromatic carbocycles. The number of hydrogen-bond acceptors (Lipinski definition) is 7. The fourth-order valence-electron chi connectivity index (χ4n) is 4.47. The Kier molecular flexibility index (Phi) is 6.02. The lowest BCUT2D eigenvalue weighted by molar-refractivity contribution is -0.141. The summed E-state index contributed by atoms with van der Waals surface area (Å²) in [5.41, 5.74) is 8.83. The summed E-state index contributed by atoms with van der Waals surface area (Å²) in [5.74, 6) is -2.92. The number of benzene rings is 3. The smallest absolute Gasteiger partial charge is 0.326 e. The van der Waals surface area contributed by atoms with E-state index < -0.39 is 29.9 Å². The Morgan fingerprint density at radius 1 is 1.08 bits per heavy atom. The molecule has 37 heavy (non-hydrogen) atoms. The number of carbonyl (C=O) groups is 4. The van der Waals surface area contributed by atoms with E-state index in [-0.39, 0.29) is 24.5 Å². The lowest BCUT2D eigenvalue weighted by atomic mass is 9.97. The van der Waals surface area contributed by atoms with Gasteiger partial charge >= 0.3 is 5.97 Å². The molecule has 0 spiro atoms. The molecule has 2 atom stereocenters. The molecular formula is C27H22N4O6. The number of hydrogen-bond donors (Lipinski definition) is 4. The fraction of sp³-hybridized carbons (Fsp3) is 0.148. The Hall–Kier alpha value is -4.83. The number of nitrogens with two attached hydrogens (primary N) is 1. The van der Waals surface area contributed by atoms with E-state index in [2.05, 4.69) is 10.3 Å². The summed E-state index contributed by atoms with van der Waals surface area (Å²) in [6, 6.07) is 16.5. The van der Waals surface area contributed by atoms with Crippen molar-refractivity contribution < 1.29 is 29.4 Å². The number of anilines is 2. The van der Waals surface area contributed by atoms with Gasteiger partial charge in [-0.25, -0.2) is 14.7 Å². The minimum absolute atomic E-state index is 0.0514. The molecule has 2 aliphatic heterocycles. The van der Waals surface area contributed by atoms with E-state index in [1.54, 1.807) is 60.7 Å². The third-order valence-electron chi connectivity index (χ3n) is 6.36. The van der Waals surface area contributed by atoms with E-state index in [9.17, 15) is 29.4 Å². The Labute approximate surface area is 211 Å². The first kappa shape index (κ1) is 23.9. The molecule has 0 aliphatic carbocycles. The van der Waals surface area contributed by atoms with Crippen LogP contribution in [0, 0.1) is 0 Å². The van der Waals surface area contributed by atoms with Crippen molar-refractivity contribution in [3.8, 4) is 0 Å². The van der Waals surface area contributed by atoms with Gasteiger partial charge in [-0.05, 0) is 41.5 Å². The number of fused-ring (bicyclic) bond motifs is 2. The van der Waals surface area contributed by atoms with Crippen LogP contribution in [-0.4, -0.2) is 45.7 Å². The maximum atomic E-state index is 13.0. The largest absolute Gasteiger partial charge is 0.480 e. The van der Waals surface area contributed by atoms with Crippen LogP contribution in [0.4, 0.5) is 17.1 Å². The SMILES string of the molecule is Nc1ccc2c(c1)C(=O)N(c1ccc(C[C@H](NC(=O)C3=Nc4ccccc4C3O)C(=O)O)cc1)C(=O)C2. The van der Waals surface area contributed by atoms with Crippen LogP contribution in [0.15, 0.2) is 71.7 Å². The molecule has 10 heteroatoms. The Morgan fingerprint density at radius 3 is 2.51 bits per heavy atom. The highest BCUT2D eigenvalue weighted by Gasteiger charge is 2.34. The predicted molar refractivity (Wildman–Crippen MR) is 135 cm³/mol. The molecule has 0 fully saturated rings. The van der Waals surface area contributed by atoms with Gasteiger partial charge in [0.25, 0.3) is 11.8 Å². The number of aliphatic imine (C=N–C) groups is 1. The minimum Gasteiger partial charge on any atom is -0.480 e. The number of imide groups is 1. The fourth-order valence-corrected chi connectivity index (χ4v) is 4.47. The number of aliphatic carboxylic acids is 1. The van der Waals surface area contributed by atoms with Crippen LogP contribution in [-0.2, 0) is 27.2 Å². The number of carboxylic acid groups (broad SMARTS) is 1. The van der Waals surface area contributed by atoms with Crippen LogP contribution in [0.5, 0.6) is 0 Å². The van der Waals surface area contributed by atoms with E-state index >= 15 is 0 Å². The monoisotopic (exact) mass is 498 g/mol. The molecule has 1 unspecified atom stereocenters. The first-order chi connectivity index (χ1) is 17.7. The number of aliphatic hydroxyl groups is 1. The Morgan fingerprint density at radius 2 is 1.81 bits per heavy atom. The van der Waals surface area contributed by atoms with Gasteiger partial charge in [-0.15, -0.1) is 0 Å². The number of nitrogens with zero attached hydrogens (tertiary/aromatic N) is 2. The van der Waals surface area contributed by atoms with Crippen LogP contribution in [0.25, 0.3) is 0 Å². The molecule has 2 aliphatic rings. The van der Waals surface area contributed by atoms with Gasteiger partial charge in [0.15, 0.2) is 0 Å². The summed E-state index contributed by atoms with van der Waals surface area (Å²) in [6.07, 6.45) is -1.26. The van der Waals surface area contributed by atoms with Gasteiger partial charge < -0.3 is 21.3 Å². The lowest BCUT2D eigenvalue weighted by Crippen LogP contribution is -2.46. The number of para-hydroxylation sites is 1. The normalized spacial score (nSPS) is 17.1. The van der Waals surface area contributed by atoms with Crippen LogP contribution >= 0.6 is 0 Å². The molecule has 186 valence electrons. The first-order valence-electron chi connectivity index (χ1n) is 11.5. The minimum atomic E-state index is -1.30. The standard InChI is InChI=1S/C27H22N4O6/c28-16-8-7-15-12-22(32)31(26(35)19(15)13-16)17-9-5-14(6-10-17)11-21(27(36)37)30-25(34)23-24(33)18-3-1-2-4-20(18)29-23/h1-10,13,21,24,33H,11-12,28H2,(H,30,34)(H,36,37)/t21-,24?/m0/s1. The number of aliphatic hydroxyl groups excluding tert-OH is 1. The maximum absolute atomic E-state index is 13.0. The van der Waals surface area contributed by atoms with Gasteiger partial charge in [-0.2, -0.15) is 0 Å². The van der Waals surface area contributed by atoms with Crippen molar-refractivity contribution in [2.24, 2.45) is 4.99 Å². The molecule has 0 radical (unpaired) electrons. The zero-order valence-corrected chi connectivity index (χ0v) is 19.4. The molecule has 2 heterocycles. The highest BCUT2D eigenvalue weighted by atomic mass is 16.4. The number of nitrogens with one attached hydrogen (secondary N) is 1. The van der Waals surface area contributed by atoms with Gasteiger partial charge in [0.05, 0.1) is 17.8 Å². The average molecular weight is 498 g/mol. The molecule has 5 rings (SSSR count). The number of amides is 3. The molecule has 0 aromatic heterocycles. The van der Waals surface area contributed by atoms with Gasteiger partial charge in [0.2, 0.25) is 5.91 Å². The van der Waals surface area contributed by atoms with Crippen molar-refractivity contribution in [2.75, 3.05) is 10.6 Å². The third-order valence-corrected chi connectivity index (χ3v) is 6.36. The number of carbonyl (C=O) groups excluding carboxylic acids is 3. The quantitative estimate of drug-likeness (QED) is 0.298. The summed E-state index contributed by atoms with van der Waals surface area (Å²) in [6.45, 7) is 0. The number of carboxylic acids is 1. The van der Waals surface area contributed by atoms with Crippen molar-refractivity contribution in [2.45, 2.75) is 25.0 Å². The van der Waals surface area contributed by atoms with Crippen molar-refractivity contribution in [3.05, 3.63) is 89.0 Å². The van der Waals surface area contributed by atoms with Gasteiger partial charge in [0, 0.05) is 23.2 Å². The van der Waals surface area contributed by atoms with Crippen molar-refractivity contribution in [1.82, 2.24) is 5.32 Å². The first-order valence-corrected chi connectivity index (χ1v) is 11.5. The van der Waals surface area contributed by atoms with Crippen molar-refractivity contribution in [3.63, 3.8) is 0 Å². The molecule has 10 nitrogen and oxygen atoms in total. The maximum Gasteiger partial charge on any atom is 0.326 e. The van der Waals surface area contributed by atoms with Crippen LogP contribution in [0.1, 0.15) is 33.2 Å². The van der Waals surface area contributed by atoms with E-state index in [4.69, 9.17) is 5.73 Å². The zero-order chi connectivity index (χ0) is 26.3. The Bertz CT molecular complexity index is 1480. The van der Waals surface area contributed by atoms with Crippen LogP contribution in [0.2, 0.25) is 0 Å². The zero-order valence-electron chi connectivity index (χ0n) is 19.4. The molecule has 3 amide bonds. The van der Waals surface area contributed by atoms with E-state index in [1.807, 2.05) is 0 Å². The summed E-state index contributed by atoms with van der Waals surface area (Å²) >= 11 is 0. The molecule has 3 aromatic rings. The topological polar surface area (TPSA) is 162 Å². The highest BCUT2D eigenvalue weighted by molar-refractivity contribution is 6.42. The Balaban J connectivity index is 1.30. The van der Waals surface area contributed by atoms with Crippen LogP contribution < -0.4 is 16.0 Å². The summed E-state index contributed by atoms with van der Waals surface area (Å²) in [7, 11) is 0. The summed E-state index contributed by atoms with van der Waals surface area (Å²) in [5, 5.41) is 22.5. The molecule has 5 N–H and O–H groups in total. The lowest BCUT2D eigenvalue weighted by Gasteiger charge is -2.27. The van der Waals surface area contributed by atoms with E-state index in [1.165, 1.54) is 6.07 Å². The van der Waals surface area contributed by atoms with Crippen LogP contribution in [0.3, 0.4) is 0 Å². The van der Waals surface area contributed by atoms with Crippen molar-refractivity contribution >= 4 is 46.5 Å². The van der Waals surface area contributed by atoms with Gasteiger partial charge in [-0.1, -0.05) is 36.4 Å². The predicted octanol–water partition coefficient (Wildman–Crippen LogP) is 1.93. The van der Waals surface area contributed by atoms with Gasteiger partial charge in [0.1, 0.15) is 17.9 Å². The molecule has 0 saturated carbocycles. The molecular weight excluding hydrogens is 476 g/mol. The third kappa shape index (κ3) is 4.45. The second kappa shape index (κ2) is 9.32.